The molecule has 1 saturated heterocycles. The smallest absolute Gasteiger partial charge is 0.335 e. The molecule has 5 heteroatoms. The van der Waals surface area contributed by atoms with E-state index < -0.39 is 5.97 Å². The van der Waals surface area contributed by atoms with Crippen molar-refractivity contribution in [2.45, 2.75) is 45.2 Å². The van der Waals surface area contributed by atoms with E-state index in [1.807, 2.05) is 4.90 Å². The Morgan fingerprint density at radius 2 is 1.95 bits per heavy atom. The summed E-state index contributed by atoms with van der Waals surface area (Å²) in [4.78, 5) is 24.9. The Bertz CT molecular complexity index is 499. The van der Waals surface area contributed by atoms with Crippen molar-refractivity contribution < 1.29 is 14.7 Å². The Labute approximate surface area is 125 Å². The number of carboxylic acids is 1. The second kappa shape index (κ2) is 7.11. The lowest BCUT2D eigenvalue weighted by Gasteiger charge is -2.27. The van der Waals surface area contributed by atoms with Crippen LogP contribution in [-0.4, -0.2) is 34.6 Å². The lowest BCUT2D eigenvalue weighted by atomic mass is 10.1. The molecule has 2 rings (SSSR count). The van der Waals surface area contributed by atoms with Crippen molar-refractivity contribution >= 4 is 12.0 Å². The van der Waals surface area contributed by atoms with E-state index in [4.69, 9.17) is 5.11 Å². The molecule has 2 N–H and O–H groups in total. The number of carbonyl (C=O) groups excluding carboxylic acids is 1. The number of rotatable bonds is 3. The van der Waals surface area contributed by atoms with Crippen molar-refractivity contribution in [3.8, 4) is 0 Å². The monoisotopic (exact) mass is 290 g/mol. The zero-order valence-electron chi connectivity index (χ0n) is 12.3. The Morgan fingerprint density at radius 1 is 1.24 bits per heavy atom. The molecule has 0 radical (unpaired) electrons. The van der Waals surface area contributed by atoms with Gasteiger partial charge in [-0.3, -0.25) is 0 Å². The molecule has 0 spiro atoms. The Morgan fingerprint density at radius 3 is 2.62 bits per heavy atom. The minimum atomic E-state index is -0.941. The number of carbonyl (C=O) groups is 2. The topological polar surface area (TPSA) is 69.6 Å². The summed E-state index contributed by atoms with van der Waals surface area (Å²) >= 11 is 0. The van der Waals surface area contributed by atoms with E-state index in [0.717, 1.165) is 24.9 Å². The van der Waals surface area contributed by atoms with Crippen molar-refractivity contribution in [3.05, 3.63) is 35.4 Å². The van der Waals surface area contributed by atoms with Crippen LogP contribution in [0, 0.1) is 0 Å². The van der Waals surface area contributed by atoms with Gasteiger partial charge < -0.3 is 15.3 Å². The predicted molar refractivity (Wildman–Crippen MR) is 80.3 cm³/mol. The number of hydrogen-bond donors (Lipinski definition) is 2. The maximum Gasteiger partial charge on any atom is 0.335 e. The van der Waals surface area contributed by atoms with Crippen LogP contribution in [0.4, 0.5) is 4.79 Å². The second-order valence-corrected chi connectivity index (χ2v) is 5.55. The molecule has 0 saturated carbocycles. The number of urea groups is 1. The molecule has 1 atom stereocenters. The fourth-order valence-corrected chi connectivity index (χ4v) is 2.62. The standard InChI is InChI=1S/C16H22N2O3/c1-12-5-3-2-4-10-18(12)16(21)17-11-13-6-8-14(9-7-13)15(19)20/h6-9,12H,2-5,10-11H2,1H3,(H,17,21)(H,19,20). The van der Waals surface area contributed by atoms with Crippen molar-refractivity contribution in [2.24, 2.45) is 0 Å². The first kappa shape index (κ1) is 15.4. The van der Waals surface area contributed by atoms with Gasteiger partial charge in [0.15, 0.2) is 0 Å². The van der Waals surface area contributed by atoms with Gasteiger partial charge in [-0.15, -0.1) is 0 Å². The SMILES string of the molecule is CC1CCCCCN1C(=O)NCc1ccc(C(=O)O)cc1. The molecule has 1 heterocycles. The summed E-state index contributed by atoms with van der Waals surface area (Å²) in [5.74, 6) is -0.941. The summed E-state index contributed by atoms with van der Waals surface area (Å²) in [5.41, 5.74) is 1.15. The maximum absolute atomic E-state index is 12.2. The molecule has 1 aliphatic rings. The minimum absolute atomic E-state index is 0.0355. The van der Waals surface area contributed by atoms with Gasteiger partial charge in [-0.05, 0) is 37.5 Å². The van der Waals surface area contributed by atoms with Crippen LogP contribution in [-0.2, 0) is 6.54 Å². The molecule has 21 heavy (non-hydrogen) atoms. The van der Waals surface area contributed by atoms with Gasteiger partial charge in [-0.2, -0.15) is 0 Å². The summed E-state index contributed by atoms with van der Waals surface area (Å²) in [5, 5.41) is 11.8. The van der Waals surface area contributed by atoms with Crippen LogP contribution >= 0.6 is 0 Å². The molecule has 1 aromatic carbocycles. The van der Waals surface area contributed by atoms with Gasteiger partial charge in [0.1, 0.15) is 0 Å². The lowest BCUT2D eigenvalue weighted by molar-refractivity contribution is 0.0697. The first-order chi connectivity index (χ1) is 10.1. The van der Waals surface area contributed by atoms with Crippen LogP contribution in [0.15, 0.2) is 24.3 Å². The van der Waals surface area contributed by atoms with Crippen LogP contribution in [0.25, 0.3) is 0 Å². The summed E-state index contributed by atoms with van der Waals surface area (Å²) < 4.78 is 0. The first-order valence-corrected chi connectivity index (χ1v) is 7.44. The van der Waals surface area contributed by atoms with Crippen LogP contribution in [0.1, 0.15) is 48.5 Å². The highest BCUT2D eigenvalue weighted by atomic mass is 16.4. The molecular weight excluding hydrogens is 268 g/mol. The molecule has 114 valence electrons. The molecular formula is C16H22N2O3. The highest BCUT2D eigenvalue weighted by Gasteiger charge is 2.21. The minimum Gasteiger partial charge on any atom is -0.478 e. The van der Waals surface area contributed by atoms with Gasteiger partial charge in [-0.25, -0.2) is 9.59 Å². The van der Waals surface area contributed by atoms with E-state index in [9.17, 15) is 9.59 Å². The molecule has 1 fully saturated rings. The van der Waals surface area contributed by atoms with E-state index in [1.54, 1.807) is 24.3 Å². The highest BCUT2D eigenvalue weighted by molar-refractivity contribution is 5.87. The van der Waals surface area contributed by atoms with Crippen molar-refractivity contribution in [2.75, 3.05) is 6.54 Å². The van der Waals surface area contributed by atoms with Gasteiger partial charge >= 0.3 is 12.0 Å². The summed E-state index contributed by atoms with van der Waals surface area (Å²) in [6.07, 6.45) is 4.48. The third-order valence-electron chi connectivity index (χ3n) is 3.96. The largest absolute Gasteiger partial charge is 0.478 e. The van der Waals surface area contributed by atoms with Crippen LogP contribution in [0.2, 0.25) is 0 Å². The van der Waals surface area contributed by atoms with Gasteiger partial charge in [-0.1, -0.05) is 25.0 Å². The van der Waals surface area contributed by atoms with Gasteiger partial charge in [0.2, 0.25) is 0 Å². The molecule has 2 amide bonds. The van der Waals surface area contributed by atoms with Crippen molar-refractivity contribution in [1.29, 1.82) is 0 Å². The highest BCUT2D eigenvalue weighted by Crippen LogP contribution is 2.16. The molecule has 1 aromatic rings. The fraction of sp³-hybridized carbons (Fsp3) is 0.500. The predicted octanol–water partition coefficient (Wildman–Crippen LogP) is 2.86. The molecule has 0 bridgehead atoms. The third-order valence-corrected chi connectivity index (χ3v) is 3.96. The Hall–Kier alpha value is -2.04. The Kier molecular flexibility index (Phi) is 5.20. The molecule has 0 aliphatic carbocycles. The zero-order chi connectivity index (χ0) is 15.2. The summed E-state index contributed by atoms with van der Waals surface area (Å²) in [6, 6.07) is 6.82. The van der Waals surface area contributed by atoms with Crippen molar-refractivity contribution in [1.82, 2.24) is 10.2 Å². The van der Waals surface area contributed by atoms with Gasteiger partial charge in [0.25, 0.3) is 0 Å². The molecule has 1 aliphatic heterocycles. The third kappa shape index (κ3) is 4.21. The molecule has 5 nitrogen and oxygen atoms in total. The normalized spacial score (nSPS) is 18.9. The van der Waals surface area contributed by atoms with Crippen LogP contribution < -0.4 is 5.32 Å². The number of aromatic carboxylic acids is 1. The molecule has 0 aromatic heterocycles. The Balaban J connectivity index is 1.89. The number of hydrogen-bond acceptors (Lipinski definition) is 2. The van der Waals surface area contributed by atoms with E-state index in [1.165, 1.54) is 12.8 Å². The number of benzene rings is 1. The summed E-state index contributed by atoms with van der Waals surface area (Å²) in [7, 11) is 0. The second-order valence-electron chi connectivity index (χ2n) is 5.55. The molecule has 1 unspecified atom stereocenters. The summed E-state index contributed by atoms with van der Waals surface area (Å²) in [6.45, 7) is 3.32. The average molecular weight is 290 g/mol. The quantitative estimate of drug-likeness (QED) is 0.899. The van der Waals surface area contributed by atoms with Crippen molar-refractivity contribution in [3.63, 3.8) is 0 Å². The average Bonchev–Trinajstić information content (AvgIpc) is 2.70. The lowest BCUT2D eigenvalue weighted by Crippen LogP contribution is -2.44. The number of likely N-dealkylation sites (tertiary alicyclic amines) is 1. The van der Waals surface area contributed by atoms with Gasteiger partial charge in [0.05, 0.1) is 5.56 Å². The van der Waals surface area contributed by atoms with Gasteiger partial charge in [0, 0.05) is 19.1 Å². The number of carboxylic acid groups (broad SMARTS) is 1. The van der Waals surface area contributed by atoms with E-state index in [2.05, 4.69) is 12.2 Å². The van der Waals surface area contributed by atoms with Crippen LogP contribution in [0.3, 0.4) is 0 Å². The first-order valence-electron chi connectivity index (χ1n) is 7.44. The maximum atomic E-state index is 12.2. The van der Waals surface area contributed by atoms with E-state index in [0.29, 0.717) is 6.54 Å². The zero-order valence-corrected chi connectivity index (χ0v) is 12.3. The van der Waals surface area contributed by atoms with E-state index in [-0.39, 0.29) is 17.6 Å². The number of nitrogens with zero attached hydrogens (tertiary/aromatic N) is 1. The van der Waals surface area contributed by atoms with E-state index >= 15 is 0 Å². The van der Waals surface area contributed by atoms with Crippen LogP contribution in [0.5, 0.6) is 0 Å². The fourth-order valence-electron chi connectivity index (χ4n) is 2.62. The number of amides is 2. The number of nitrogens with one attached hydrogen (secondary N) is 1.